The van der Waals surface area contributed by atoms with Gasteiger partial charge < -0.3 is 10.1 Å². The molecule has 0 amide bonds. The molecule has 0 spiro atoms. The van der Waals surface area contributed by atoms with E-state index in [1.54, 1.807) is 6.07 Å². The minimum atomic E-state index is -3.22. The third-order valence-corrected chi connectivity index (χ3v) is 6.71. The van der Waals surface area contributed by atoms with E-state index in [-0.39, 0.29) is 22.9 Å². The monoisotopic (exact) mass is 395 g/mol. The van der Waals surface area contributed by atoms with Crippen molar-refractivity contribution in [3.8, 4) is 5.75 Å². The molecule has 6 nitrogen and oxygen atoms in total. The van der Waals surface area contributed by atoms with Crippen LogP contribution in [0.4, 0.5) is 5.82 Å². The number of hydrogen-bond acceptors (Lipinski definition) is 6. The fourth-order valence-corrected chi connectivity index (χ4v) is 5.08. The van der Waals surface area contributed by atoms with Crippen molar-refractivity contribution in [2.24, 2.45) is 5.92 Å². The number of ether oxygens (including phenoxy) is 1. The molecular weight excluding hydrogens is 374 g/mol. The number of nitrogens with zero attached hydrogens (tertiary/aromatic N) is 2. The van der Waals surface area contributed by atoms with E-state index >= 15 is 0 Å². The van der Waals surface area contributed by atoms with Gasteiger partial charge in [-0.05, 0) is 36.0 Å². The number of methoxy groups -OCH3 is 1. The lowest BCUT2D eigenvalue weighted by molar-refractivity contribution is 0.411. The Morgan fingerprint density at radius 3 is 2.73 bits per heavy atom. The Balaban J connectivity index is 2.01. The van der Waals surface area contributed by atoms with E-state index in [2.05, 4.69) is 29.1 Å². The van der Waals surface area contributed by atoms with E-state index in [4.69, 9.17) is 16.3 Å². The third-order valence-electron chi connectivity index (χ3n) is 4.57. The molecule has 0 saturated carbocycles. The molecule has 1 aliphatic heterocycles. The maximum absolute atomic E-state index is 12.4. The zero-order valence-corrected chi connectivity index (χ0v) is 16.6. The normalized spacial score (nSPS) is 16.8. The molecule has 8 heteroatoms. The van der Waals surface area contributed by atoms with Crippen molar-refractivity contribution in [3.05, 3.63) is 40.8 Å². The van der Waals surface area contributed by atoms with Crippen LogP contribution in [0.25, 0.3) is 0 Å². The van der Waals surface area contributed by atoms with Gasteiger partial charge in [-0.25, -0.2) is 18.4 Å². The number of benzene rings is 1. The fourth-order valence-electron chi connectivity index (χ4n) is 3.24. The summed E-state index contributed by atoms with van der Waals surface area (Å²) in [5, 5.41) is 3.56. The van der Waals surface area contributed by atoms with Gasteiger partial charge >= 0.3 is 0 Å². The van der Waals surface area contributed by atoms with Gasteiger partial charge in [-0.3, -0.25) is 0 Å². The minimum absolute atomic E-state index is 0.155. The lowest BCUT2D eigenvalue weighted by Crippen LogP contribution is -2.21. The first kappa shape index (κ1) is 18.9. The number of sulfone groups is 1. The van der Waals surface area contributed by atoms with Crippen molar-refractivity contribution < 1.29 is 13.2 Å². The predicted molar refractivity (Wildman–Crippen MR) is 102 cm³/mol. The first-order valence-corrected chi connectivity index (χ1v) is 10.5. The summed E-state index contributed by atoms with van der Waals surface area (Å²) in [4.78, 5) is 8.59. The van der Waals surface area contributed by atoms with Crippen molar-refractivity contribution in [2.45, 2.75) is 37.6 Å². The predicted octanol–water partition coefficient (Wildman–Crippen LogP) is 3.67. The van der Waals surface area contributed by atoms with Crippen LogP contribution in [0.1, 0.15) is 37.4 Å². The van der Waals surface area contributed by atoms with E-state index in [9.17, 15) is 8.42 Å². The van der Waals surface area contributed by atoms with Crippen LogP contribution < -0.4 is 10.1 Å². The molecule has 2 heterocycles. The van der Waals surface area contributed by atoms with Gasteiger partial charge in [0.05, 0.1) is 23.8 Å². The highest BCUT2D eigenvalue weighted by Gasteiger charge is 2.26. The summed E-state index contributed by atoms with van der Waals surface area (Å²) in [6, 6.07) is 5.53. The number of nitrogens with one attached hydrogen (secondary N) is 1. The summed E-state index contributed by atoms with van der Waals surface area (Å²) in [6.45, 7) is 4.11. The summed E-state index contributed by atoms with van der Waals surface area (Å²) < 4.78 is 30.2. The molecule has 0 aliphatic carbocycles. The highest BCUT2D eigenvalue weighted by Crippen LogP contribution is 2.35. The van der Waals surface area contributed by atoms with E-state index in [1.807, 2.05) is 12.1 Å². The molecule has 1 atom stereocenters. The molecule has 0 radical (unpaired) electrons. The van der Waals surface area contributed by atoms with Crippen molar-refractivity contribution >= 4 is 27.3 Å². The molecule has 26 heavy (non-hydrogen) atoms. The van der Waals surface area contributed by atoms with E-state index < -0.39 is 9.84 Å². The van der Waals surface area contributed by atoms with Gasteiger partial charge in [-0.2, -0.15) is 0 Å². The van der Waals surface area contributed by atoms with Crippen LogP contribution in [-0.2, 0) is 16.3 Å². The van der Waals surface area contributed by atoms with Crippen LogP contribution in [-0.4, -0.2) is 31.2 Å². The van der Waals surface area contributed by atoms with Gasteiger partial charge in [0.25, 0.3) is 0 Å². The summed E-state index contributed by atoms with van der Waals surface area (Å²) in [6.07, 6.45) is 2.84. The molecule has 3 rings (SSSR count). The molecule has 0 bridgehead atoms. The largest absolute Gasteiger partial charge is 0.490 e. The highest BCUT2D eigenvalue weighted by atomic mass is 35.5. The van der Waals surface area contributed by atoms with E-state index in [0.29, 0.717) is 22.9 Å². The van der Waals surface area contributed by atoms with Gasteiger partial charge in [0.2, 0.25) is 0 Å². The molecule has 1 N–H and O–H groups in total. The number of hydrogen-bond donors (Lipinski definition) is 1. The molecule has 1 aromatic heterocycles. The van der Waals surface area contributed by atoms with Crippen LogP contribution in [0.15, 0.2) is 29.4 Å². The molecule has 0 fully saturated rings. The van der Waals surface area contributed by atoms with Crippen LogP contribution in [0.3, 0.4) is 0 Å². The smallest absolute Gasteiger partial charge is 0.198 e. The SMILES string of the molecule is COc1c(Cl)ncnc1N[C@@H](c1ccc2c(c1)S(=O)(=O)CCC2)C(C)C. The number of fused-ring (bicyclic) bond motifs is 1. The first-order valence-electron chi connectivity index (χ1n) is 8.50. The van der Waals surface area contributed by atoms with Crippen molar-refractivity contribution in [3.63, 3.8) is 0 Å². The molecule has 140 valence electrons. The molecule has 2 aromatic rings. The Kier molecular flexibility index (Phi) is 5.39. The third kappa shape index (κ3) is 3.64. The number of aromatic nitrogens is 2. The number of anilines is 1. The Hall–Kier alpha value is -1.86. The fraction of sp³-hybridized carbons (Fsp3) is 0.444. The average Bonchev–Trinajstić information content (AvgIpc) is 2.59. The zero-order chi connectivity index (χ0) is 18.9. The summed E-state index contributed by atoms with van der Waals surface area (Å²) >= 11 is 6.08. The van der Waals surface area contributed by atoms with Gasteiger partial charge in [0.1, 0.15) is 6.33 Å². The van der Waals surface area contributed by atoms with E-state index in [1.165, 1.54) is 13.4 Å². The number of halogens is 1. The van der Waals surface area contributed by atoms with Crippen molar-refractivity contribution in [2.75, 3.05) is 18.2 Å². The van der Waals surface area contributed by atoms with Crippen molar-refractivity contribution in [1.29, 1.82) is 0 Å². The Bertz CT molecular complexity index is 916. The summed E-state index contributed by atoms with van der Waals surface area (Å²) in [5.41, 5.74) is 1.78. The Morgan fingerprint density at radius 1 is 1.27 bits per heavy atom. The topological polar surface area (TPSA) is 81.2 Å². The van der Waals surface area contributed by atoms with Crippen LogP contribution in [0, 0.1) is 5.92 Å². The number of aryl methyl sites for hydroxylation is 1. The second-order valence-electron chi connectivity index (χ2n) is 6.70. The van der Waals surface area contributed by atoms with Crippen LogP contribution >= 0.6 is 11.6 Å². The molecule has 1 aromatic carbocycles. The van der Waals surface area contributed by atoms with E-state index in [0.717, 1.165) is 17.5 Å². The molecular formula is C18H22ClN3O3S. The maximum atomic E-state index is 12.4. The number of rotatable bonds is 5. The quantitative estimate of drug-likeness (QED) is 0.778. The Morgan fingerprint density at radius 2 is 2.04 bits per heavy atom. The van der Waals surface area contributed by atoms with Crippen LogP contribution in [0.2, 0.25) is 5.15 Å². The zero-order valence-electron chi connectivity index (χ0n) is 15.0. The first-order chi connectivity index (χ1) is 12.3. The maximum Gasteiger partial charge on any atom is 0.198 e. The van der Waals surface area contributed by atoms with Gasteiger partial charge in [-0.15, -0.1) is 0 Å². The van der Waals surface area contributed by atoms with Crippen LogP contribution in [0.5, 0.6) is 5.75 Å². The standard InChI is InChI=1S/C18H22ClN3O3S/c1-11(2)15(22-18-16(25-3)17(19)20-10-21-18)13-7-6-12-5-4-8-26(23,24)14(12)9-13/h6-7,9-11,15H,4-5,8H2,1-3H3,(H,20,21,22)/t15-/m1/s1. The second kappa shape index (κ2) is 7.40. The summed E-state index contributed by atoms with van der Waals surface area (Å²) in [5.74, 6) is 1.23. The average molecular weight is 396 g/mol. The second-order valence-corrected chi connectivity index (χ2v) is 9.14. The minimum Gasteiger partial charge on any atom is -0.490 e. The lowest BCUT2D eigenvalue weighted by Gasteiger charge is -2.26. The van der Waals surface area contributed by atoms with Gasteiger partial charge in [0, 0.05) is 0 Å². The van der Waals surface area contributed by atoms with Gasteiger partial charge in [-0.1, -0.05) is 37.6 Å². The lowest BCUT2D eigenvalue weighted by atomic mass is 9.94. The Labute approximate surface area is 158 Å². The molecule has 0 unspecified atom stereocenters. The summed E-state index contributed by atoms with van der Waals surface area (Å²) in [7, 11) is -1.71. The van der Waals surface area contributed by atoms with Crippen molar-refractivity contribution in [1.82, 2.24) is 9.97 Å². The molecule has 0 saturated heterocycles. The van der Waals surface area contributed by atoms with Gasteiger partial charge in [0.15, 0.2) is 26.6 Å². The molecule has 1 aliphatic rings. The highest BCUT2D eigenvalue weighted by molar-refractivity contribution is 7.91.